The number of aromatic nitrogens is 5. The molecule has 28 heavy (non-hydrogen) atoms. The van der Waals surface area contributed by atoms with E-state index in [1.807, 2.05) is 38.5 Å². The molecule has 0 bridgehead atoms. The van der Waals surface area contributed by atoms with Crippen molar-refractivity contribution in [1.29, 1.82) is 0 Å². The number of aryl methyl sites for hydroxylation is 2. The highest BCUT2D eigenvalue weighted by Gasteiger charge is 2.21. The summed E-state index contributed by atoms with van der Waals surface area (Å²) in [5, 5.41) is 15.0. The van der Waals surface area contributed by atoms with Gasteiger partial charge in [0.05, 0.1) is 24.5 Å². The third kappa shape index (κ3) is 3.62. The summed E-state index contributed by atoms with van der Waals surface area (Å²) in [6.07, 6.45) is 8.79. The van der Waals surface area contributed by atoms with Crippen molar-refractivity contribution >= 4 is 17.2 Å². The number of hydrogen-bond acceptors (Lipinski definition) is 6. The van der Waals surface area contributed by atoms with E-state index in [2.05, 4.69) is 28.2 Å². The molecule has 142 valence electrons. The lowest BCUT2D eigenvalue weighted by molar-refractivity contribution is -0.113. The van der Waals surface area contributed by atoms with Gasteiger partial charge in [0.1, 0.15) is 12.0 Å². The second-order valence-electron chi connectivity index (χ2n) is 6.86. The zero-order valence-electron chi connectivity index (χ0n) is 16.0. The number of allylic oxidation sites excluding steroid dienone is 1. The number of rotatable bonds is 4. The van der Waals surface area contributed by atoms with Crippen LogP contribution in [0.2, 0.25) is 0 Å². The minimum atomic E-state index is -0.0355. The molecule has 8 heteroatoms. The zero-order valence-corrected chi connectivity index (χ0v) is 16.0. The van der Waals surface area contributed by atoms with Crippen molar-refractivity contribution in [2.45, 2.75) is 19.3 Å². The SMILES string of the molecule is CC(C1=NN(c2cnn(C)c2)C=CC(=O)C1)c1cccc(-c2ncn(C)n2)c1. The van der Waals surface area contributed by atoms with Crippen LogP contribution in [0.4, 0.5) is 5.69 Å². The molecule has 4 rings (SSSR count). The maximum absolute atomic E-state index is 12.3. The summed E-state index contributed by atoms with van der Waals surface area (Å²) in [6.45, 7) is 2.06. The largest absolute Gasteiger partial charge is 0.294 e. The highest BCUT2D eigenvalue weighted by atomic mass is 16.1. The van der Waals surface area contributed by atoms with Crippen LogP contribution in [0.5, 0.6) is 0 Å². The predicted molar refractivity (Wildman–Crippen MR) is 107 cm³/mol. The minimum Gasteiger partial charge on any atom is -0.294 e. The van der Waals surface area contributed by atoms with Gasteiger partial charge in [-0.05, 0) is 17.7 Å². The molecule has 3 heterocycles. The molecule has 0 amide bonds. The average Bonchev–Trinajstić information content (AvgIpc) is 3.27. The van der Waals surface area contributed by atoms with Crippen molar-refractivity contribution in [3.8, 4) is 11.4 Å². The van der Waals surface area contributed by atoms with Gasteiger partial charge >= 0.3 is 0 Å². The predicted octanol–water partition coefficient (Wildman–Crippen LogP) is 2.67. The summed E-state index contributed by atoms with van der Waals surface area (Å²) < 4.78 is 3.38. The molecule has 1 unspecified atom stereocenters. The van der Waals surface area contributed by atoms with E-state index in [0.29, 0.717) is 5.82 Å². The lowest BCUT2D eigenvalue weighted by atomic mass is 9.92. The quantitative estimate of drug-likeness (QED) is 0.700. The summed E-state index contributed by atoms with van der Waals surface area (Å²) in [5.41, 5.74) is 3.60. The summed E-state index contributed by atoms with van der Waals surface area (Å²) >= 11 is 0. The van der Waals surface area contributed by atoms with E-state index in [0.717, 1.165) is 22.5 Å². The maximum atomic E-state index is 12.3. The van der Waals surface area contributed by atoms with Crippen LogP contribution >= 0.6 is 0 Å². The Hall–Kier alpha value is -3.55. The van der Waals surface area contributed by atoms with Crippen LogP contribution in [0.15, 0.2) is 60.4 Å². The number of hydrazone groups is 1. The Kier molecular flexibility index (Phi) is 4.60. The van der Waals surface area contributed by atoms with E-state index in [9.17, 15) is 4.79 Å². The summed E-state index contributed by atoms with van der Waals surface area (Å²) in [5.74, 6) is 0.667. The van der Waals surface area contributed by atoms with Crippen LogP contribution in [-0.2, 0) is 18.9 Å². The molecular formula is C20H21N7O. The molecule has 0 saturated heterocycles. The van der Waals surface area contributed by atoms with E-state index in [1.54, 1.807) is 39.2 Å². The van der Waals surface area contributed by atoms with E-state index < -0.39 is 0 Å². The van der Waals surface area contributed by atoms with Crippen LogP contribution in [-0.4, -0.2) is 36.0 Å². The fraction of sp³-hybridized carbons (Fsp3) is 0.250. The number of hydrogen-bond donors (Lipinski definition) is 0. The molecule has 0 aliphatic carbocycles. The first kappa shape index (κ1) is 17.8. The molecule has 0 radical (unpaired) electrons. The standard InChI is InChI=1S/C20H21N7O/c1-14(15-5-4-6-16(9-15)20-21-13-26(3)24-20)19-10-18(28)7-8-27(23-19)17-11-22-25(2)12-17/h4-9,11-14H,10H2,1-3H3. The number of nitrogens with zero attached hydrogens (tertiary/aromatic N) is 7. The first-order valence-corrected chi connectivity index (χ1v) is 9.02. The molecular weight excluding hydrogens is 354 g/mol. The highest BCUT2D eigenvalue weighted by molar-refractivity contribution is 6.10. The van der Waals surface area contributed by atoms with Crippen molar-refractivity contribution in [3.05, 3.63) is 60.8 Å². The van der Waals surface area contributed by atoms with E-state index in [4.69, 9.17) is 5.10 Å². The third-order valence-electron chi connectivity index (χ3n) is 4.69. The molecule has 1 aliphatic rings. The Morgan fingerprint density at radius 3 is 2.75 bits per heavy atom. The average molecular weight is 375 g/mol. The molecule has 0 fully saturated rings. The first-order valence-electron chi connectivity index (χ1n) is 9.02. The maximum Gasteiger partial charge on any atom is 0.181 e. The monoisotopic (exact) mass is 375 g/mol. The van der Waals surface area contributed by atoms with E-state index >= 15 is 0 Å². The second kappa shape index (κ2) is 7.22. The summed E-state index contributed by atoms with van der Waals surface area (Å²) in [7, 11) is 3.69. The van der Waals surface area contributed by atoms with E-state index in [1.165, 1.54) is 0 Å². The van der Waals surface area contributed by atoms with Gasteiger partial charge in [0.2, 0.25) is 0 Å². The molecule has 0 N–H and O–H groups in total. The summed E-state index contributed by atoms with van der Waals surface area (Å²) in [4.78, 5) is 16.6. The summed E-state index contributed by atoms with van der Waals surface area (Å²) in [6, 6.07) is 8.05. The zero-order chi connectivity index (χ0) is 19.7. The molecule has 3 aromatic rings. The molecule has 0 saturated carbocycles. The Morgan fingerprint density at radius 2 is 2.04 bits per heavy atom. The van der Waals surface area contributed by atoms with Gasteiger partial charge in [0.15, 0.2) is 11.6 Å². The second-order valence-corrected chi connectivity index (χ2v) is 6.86. The van der Waals surface area contributed by atoms with Crippen LogP contribution in [0.3, 0.4) is 0 Å². The smallest absolute Gasteiger partial charge is 0.181 e. The minimum absolute atomic E-state index is 0.0273. The van der Waals surface area contributed by atoms with Crippen molar-refractivity contribution < 1.29 is 4.79 Å². The van der Waals surface area contributed by atoms with Crippen molar-refractivity contribution in [3.63, 3.8) is 0 Å². The van der Waals surface area contributed by atoms with E-state index in [-0.39, 0.29) is 18.1 Å². The van der Waals surface area contributed by atoms with Gasteiger partial charge in [0.25, 0.3) is 0 Å². The van der Waals surface area contributed by atoms with Crippen LogP contribution < -0.4 is 5.01 Å². The van der Waals surface area contributed by atoms with Crippen molar-refractivity contribution in [2.24, 2.45) is 19.2 Å². The normalized spacial score (nSPS) is 15.5. The molecule has 1 atom stereocenters. The number of ketones is 1. The topological polar surface area (TPSA) is 81.2 Å². The van der Waals surface area contributed by atoms with Crippen LogP contribution in [0, 0.1) is 0 Å². The highest BCUT2D eigenvalue weighted by Crippen LogP contribution is 2.26. The number of carbonyl (C=O) groups excluding carboxylic acids is 1. The lowest BCUT2D eigenvalue weighted by Gasteiger charge is -2.17. The van der Waals surface area contributed by atoms with Gasteiger partial charge in [-0.25, -0.2) is 9.99 Å². The number of benzene rings is 1. The molecule has 1 aromatic carbocycles. The Morgan fingerprint density at radius 1 is 1.18 bits per heavy atom. The number of carbonyl (C=O) groups is 1. The fourth-order valence-electron chi connectivity index (χ4n) is 3.12. The van der Waals surface area contributed by atoms with Gasteiger partial charge in [-0.15, -0.1) is 0 Å². The Balaban J connectivity index is 1.67. The van der Waals surface area contributed by atoms with Crippen molar-refractivity contribution in [1.82, 2.24) is 24.5 Å². The number of anilines is 1. The van der Waals surface area contributed by atoms with Gasteiger partial charge in [-0.1, -0.05) is 25.1 Å². The van der Waals surface area contributed by atoms with Gasteiger partial charge < -0.3 is 0 Å². The molecule has 2 aromatic heterocycles. The Labute approximate surface area is 162 Å². The lowest BCUT2D eigenvalue weighted by Crippen LogP contribution is -2.16. The Bertz CT molecular complexity index is 1080. The van der Waals surface area contributed by atoms with Crippen LogP contribution in [0.25, 0.3) is 11.4 Å². The molecule has 0 spiro atoms. The molecule has 1 aliphatic heterocycles. The molecule has 8 nitrogen and oxygen atoms in total. The third-order valence-corrected chi connectivity index (χ3v) is 4.69. The van der Waals surface area contributed by atoms with Crippen molar-refractivity contribution in [2.75, 3.05) is 5.01 Å². The van der Waals surface area contributed by atoms with Gasteiger partial charge in [-0.3, -0.25) is 14.2 Å². The first-order chi connectivity index (χ1) is 13.5. The van der Waals surface area contributed by atoms with Crippen LogP contribution in [0.1, 0.15) is 24.8 Å². The fourth-order valence-corrected chi connectivity index (χ4v) is 3.12. The van der Waals surface area contributed by atoms with Gasteiger partial charge in [-0.2, -0.15) is 15.3 Å². The van der Waals surface area contributed by atoms with Gasteiger partial charge in [0, 0.05) is 31.8 Å².